The van der Waals surface area contributed by atoms with Crippen molar-refractivity contribution in [2.24, 2.45) is 0 Å². The number of furan rings is 1. The van der Waals surface area contributed by atoms with Crippen LogP contribution in [0.3, 0.4) is 0 Å². The number of aromatic nitrogens is 1. The SMILES string of the molecule is CCc1ccc(CN2CCC3(CC2)CC(c2cccnc2)C(=O)N3)o1. The molecule has 1 amide bonds. The topological polar surface area (TPSA) is 58.4 Å². The molecular formula is C20H25N3O2. The lowest BCUT2D eigenvalue weighted by atomic mass is 9.82. The van der Waals surface area contributed by atoms with Crippen molar-refractivity contribution >= 4 is 5.91 Å². The van der Waals surface area contributed by atoms with Crippen LogP contribution >= 0.6 is 0 Å². The zero-order valence-corrected chi connectivity index (χ0v) is 14.7. The molecule has 0 bridgehead atoms. The van der Waals surface area contributed by atoms with Gasteiger partial charge in [0.1, 0.15) is 11.5 Å². The summed E-state index contributed by atoms with van der Waals surface area (Å²) in [6, 6.07) is 8.06. The summed E-state index contributed by atoms with van der Waals surface area (Å²) in [5.74, 6) is 2.18. The number of hydrogen-bond acceptors (Lipinski definition) is 4. The summed E-state index contributed by atoms with van der Waals surface area (Å²) in [5.41, 5.74) is 0.980. The van der Waals surface area contributed by atoms with E-state index in [9.17, 15) is 4.79 Å². The van der Waals surface area contributed by atoms with E-state index >= 15 is 0 Å². The van der Waals surface area contributed by atoms with E-state index in [1.54, 1.807) is 6.20 Å². The zero-order valence-electron chi connectivity index (χ0n) is 14.7. The monoisotopic (exact) mass is 339 g/mol. The smallest absolute Gasteiger partial charge is 0.228 e. The van der Waals surface area contributed by atoms with Gasteiger partial charge in [0.15, 0.2) is 0 Å². The summed E-state index contributed by atoms with van der Waals surface area (Å²) in [5, 5.41) is 3.30. The van der Waals surface area contributed by atoms with Crippen LogP contribution in [0.5, 0.6) is 0 Å². The molecule has 2 saturated heterocycles. The lowest BCUT2D eigenvalue weighted by molar-refractivity contribution is -0.121. The van der Waals surface area contributed by atoms with E-state index < -0.39 is 0 Å². The van der Waals surface area contributed by atoms with Gasteiger partial charge in [-0.3, -0.25) is 14.7 Å². The first-order chi connectivity index (χ1) is 12.2. The largest absolute Gasteiger partial charge is 0.465 e. The van der Waals surface area contributed by atoms with E-state index in [2.05, 4.69) is 34.3 Å². The molecule has 5 heteroatoms. The van der Waals surface area contributed by atoms with Crippen molar-refractivity contribution in [3.63, 3.8) is 0 Å². The second kappa shape index (κ2) is 6.64. The number of piperidine rings is 1. The van der Waals surface area contributed by atoms with E-state index in [1.807, 2.05) is 18.3 Å². The van der Waals surface area contributed by atoms with E-state index in [4.69, 9.17) is 4.42 Å². The van der Waals surface area contributed by atoms with Gasteiger partial charge < -0.3 is 9.73 Å². The maximum atomic E-state index is 12.5. The molecule has 5 nitrogen and oxygen atoms in total. The normalized spacial score (nSPS) is 23.1. The van der Waals surface area contributed by atoms with Crippen LogP contribution in [0.25, 0.3) is 0 Å². The molecular weight excluding hydrogens is 314 g/mol. The third-order valence-corrected chi connectivity index (χ3v) is 5.64. The number of carbonyl (C=O) groups excluding carboxylic acids is 1. The van der Waals surface area contributed by atoms with Gasteiger partial charge in [-0.25, -0.2) is 0 Å². The third kappa shape index (κ3) is 3.33. The molecule has 1 atom stereocenters. The first-order valence-corrected chi connectivity index (χ1v) is 9.19. The first kappa shape index (κ1) is 16.3. The molecule has 0 aliphatic carbocycles. The van der Waals surface area contributed by atoms with Gasteiger partial charge in [0.25, 0.3) is 0 Å². The number of nitrogens with one attached hydrogen (secondary N) is 1. The lowest BCUT2D eigenvalue weighted by Gasteiger charge is -2.39. The molecule has 25 heavy (non-hydrogen) atoms. The number of rotatable bonds is 4. The van der Waals surface area contributed by atoms with Crippen molar-refractivity contribution in [3.05, 3.63) is 53.7 Å². The summed E-state index contributed by atoms with van der Waals surface area (Å²) >= 11 is 0. The van der Waals surface area contributed by atoms with Crippen LogP contribution in [0.15, 0.2) is 41.1 Å². The number of nitrogens with zero attached hydrogens (tertiary/aromatic N) is 2. The Morgan fingerprint density at radius 1 is 1.28 bits per heavy atom. The molecule has 1 spiro atoms. The highest BCUT2D eigenvalue weighted by atomic mass is 16.3. The fourth-order valence-corrected chi connectivity index (χ4v) is 4.12. The van der Waals surface area contributed by atoms with Crippen LogP contribution in [0, 0.1) is 0 Å². The molecule has 0 saturated carbocycles. The van der Waals surface area contributed by atoms with Gasteiger partial charge in [0.2, 0.25) is 5.91 Å². The summed E-state index contributed by atoms with van der Waals surface area (Å²) in [6.45, 7) is 4.94. The Morgan fingerprint density at radius 2 is 2.08 bits per heavy atom. The fraction of sp³-hybridized carbons (Fsp3) is 0.500. The van der Waals surface area contributed by atoms with Gasteiger partial charge in [-0.2, -0.15) is 0 Å². The maximum Gasteiger partial charge on any atom is 0.228 e. The summed E-state index contributed by atoms with van der Waals surface area (Å²) in [6.07, 6.45) is 7.38. The number of likely N-dealkylation sites (tertiary alicyclic amines) is 1. The van der Waals surface area contributed by atoms with Crippen LogP contribution in [0.4, 0.5) is 0 Å². The van der Waals surface area contributed by atoms with Crippen LogP contribution in [-0.4, -0.2) is 34.4 Å². The lowest BCUT2D eigenvalue weighted by Crippen LogP contribution is -2.50. The Kier molecular flexibility index (Phi) is 4.34. The second-order valence-corrected chi connectivity index (χ2v) is 7.31. The van der Waals surface area contributed by atoms with E-state index in [1.165, 1.54) is 0 Å². The number of carbonyl (C=O) groups is 1. The molecule has 4 rings (SSSR count). The highest BCUT2D eigenvalue weighted by molar-refractivity contribution is 5.87. The Bertz CT molecular complexity index is 732. The number of hydrogen-bond donors (Lipinski definition) is 1. The molecule has 1 unspecified atom stereocenters. The van der Waals surface area contributed by atoms with Gasteiger partial charge in [-0.05, 0) is 43.0 Å². The van der Waals surface area contributed by atoms with Crippen molar-refractivity contribution in [1.82, 2.24) is 15.2 Å². The average Bonchev–Trinajstić information content (AvgIpc) is 3.22. The molecule has 4 heterocycles. The van der Waals surface area contributed by atoms with E-state index in [0.717, 1.165) is 62.4 Å². The Hall–Kier alpha value is -2.14. The average molecular weight is 339 g/mol. The highest BCUT2D eigenvalue weighted by Crippen LogP contribution is 2.39. The predicted octanol–water partition coefficient (Wildman–Crippen LogP) is 2.88. The summed E-state index contributed by atoms with van der Waals surface area (Å²) < 4.78 is 5.83. The molecule has 132 valence electrons. The predicted molar refractivity (Wildman–Crippen MR) is 95.1 cm³/mol. The van der Waals surface area contributed by atoms with Gasteiger partial charge in [0, 0.05) is 37.4 Å². The molecule has 2 aliphatic rings. The van der Waals surface area contributed by atoms with Gasteiger partial charge in [-0.15, -0.1) is 0 Å². The van der Waals surface area contributed by atoms with Gasteiger partial charge in [0.05, 0.1) is 12.5 Å². The number of aryl methyl sites for hydroxylation is 1. The van der Waals surface area contributed by atoms with Gasteiger partial charge in [-0.1, -0.05) is 13.0 Å². The third-order valence-electron chi connectivity index (χ3n) is 5.64. The van der Waals surface area contributed by atoms with Crippen molar-refractivity contribution < 1.29 is 9.21 Å². The molecule has 0 radical (unpaired) electrons. The molecule has 2 fully saturated rings. The number of pyridine rings is 1. The Labute approximate surface area is 148 Å². The molecule has 2 aromatic rings. The van der Waals surface area contributed by atoms with Crippen molar-refractivity contribution in [2.75, 3.05) is 13.1 Å². The van der Waals surface area contributed by atoms with E-state index in [0.29, 0.717) is 0 Å². The maximum absolute atomic E-state index is 12.5. The van der Waals surface area contributed by atoms with Crippen molar-refractivity contribution in [3.8, 4) is 0 Å². The Balaban J connectivity index is 1.37. The fourth-order valence-electron chi connectivity index (χ4n) is 4.12. The molecule has 1 N–H and O–H groups in total. The summed E-state index contributed by atoms with van der Waals surface area (Å²) in [7, 11) is 0. The summed E-state index contributed by atoms with van der Waals surface area (Å²) in [4.78, 5) is 19.1. The second-order valence-electron chi connectivity index (χ2n) is 7.31. The van der Waals surface area contributed by atoms with Crippen molar-refractivity contribution in [1.29, 1.82) is 0 Å². The van der Waals surface area contributed by atoms with Crippen LogP contribution in [0.1, 0.15) is 49.2 Å². The molecule has 2 aliphatic heterocycles. The van der Waals surface area contributed by atoms with E-state index in [-0.39, 0.29) is 17.4 Å². The zero-order chi connectivity index (χ0) is 17.3. The molecule has 2 aromatic heterocycles. The highest BCUT2D eigenvalue weighted by Gasteiger charge is 2.46. The molecule has 0 aromatic carbocycles. The minimum atomic E-state index is -0.0579. The van der Waals surface area contributed by atoms with Crippen LogP contribution in [-0.2, 0) is 17.8 Å². The minimum absolute atomic E-state index is 0.0498. The standard InChI is InChI=1S/C20H25N3O2/c1-2-16-5-6-17(25-16)14-23-10-7-20(8-11-23)12-18(19(24)22-20)15-4-3-9-21-13-15/h3-6,9,13,18H,2,7-8,10-12,14H2,1H3,(H,22,24). The van der Waals surface area contributed by atoms with Gasteiger partial charge >= 0.3 is 0 Å². The Morgan fingerprint density at radius 3 is 2.76 bits per heavy atom. The quantitative estimate of drug-likeness (QED) is 0.930. The van der Waals surface area contributed by atoms with Crippen LogP contribution < -0.4 is 5.32 Å². The van der Waals surface area contributed by atoms with Crippen LogP contribution in [0.2, 0.25) is 0 Å². The minimum Gasteiger partial charge on any atom is -0.465 e. The first-order valence-electron chi connectivity index (χ1n) is 9.19. The van der Waals surface area contributed by atoms with Crippen molar-refractivity contribution in [2.45, 2.75) is 50.6 Å². The number of amides is 1.